The van der Waals surface area contributed by atoms with Crippen LogP contribution >= 0.6 is 11.8 Å². The second-order valence-electron chi connectivity index (χ2n) is 5.48. The van der Waals surface area contributed by atoms with E-state index in [0.29, 0.717) is 5.56 Å². The predicted octanol–water partition coefficient (Wildman–Crippen LogP) is 3.01. The van der Waals surface area contributed by atoms with Gasteiger partial charge in [0.25, 0.3) is 0 Å². The number of hydrogen-bond donors (Lipinski definition) is 3. The number of nitrogens with one attached hydrogen (secondary N) is 1. The summed E-state index contributed by atoms with van der Waals surface area (Å²) in [6.07, 6.45) is 0.0546. The minimum atomic E-state index is -1.23. The van der Waals surface area contributed by atoms with Crippen LogP contribution in [0.15, 0.2) is 53.6 Å². The van der Waals surface area contributed by atoms with Gasteiger partial charge in [0.15, 0.2) is 0 Å². The fraction of sp³-hybridized carbons (Fsp3) is 0.176. The summed E-state index contributed by atoms with van der Waals surface area (Å²) in [4.78, 5) is 11.0. The molecule has 2 aromatic carbocycles. The predicted molar refractivity (Wildman–Crippen MR) is 92.5 cm³/mol. The lowest BCUT2D eigenvalue weighted by Gasteiger charge is -2.34. The van der Waals surface area contributed by atoms with E-state index < -0.39 is 22.5 Å². The van der Waals surface area contributed by atoms with Gasteiger partial charge < -0.3 is 5.11 Å². The molecule has 1 unspecified atom stereocenters. The average molecular weight is 379 g/mol. The van der Waals surface area contributed by atoms with Crippen LogP contribution in [-0.2, 0) is 4.87 Å². The number of carbonyl (C=O) groups is 1. The largest absolute Gasteiger partial charge is 0.396 e. The van der Waals surface area contributed by atoms with E-state index in [-0.39, 0.29) is 23.6 Å². The molecule has 0 spiro atoms. The van der Waals surface area contributed by atoms with Crippen molar-refractivity contribution >= 4 is 22.8 Å². The molecule has 0 bridgehead atoms. The lowest BCUT2D eigenvalue weighted by Crippen LogP contribution is -2.46. The maximum atomic E-state index is 14.2. The van der Waals surface area contributed by atoms with Gasteiger partial charge >= 0.3 is 6.03 Å². The molecule has 1 aliphatic rings. The number of amides is 2. The maximum absolute atomic E-state index is 14.2. The summed E-state index contributed by atoms with van der Waals surface area (Å²) < 4.78 is 27.8. The van der Waals surface area contributed by atoms with E-state index >= 15 is 0 Å². The lowest BCUT2D eigenvalue weighted by molar-refractivity contribution is 0.101. The number of thioether (sulfide) groups is 1. The highest BCUT2D eigenvalue weighted by Crippen LogP contribution is 2.49. The third-order valence-corrected chi connectivity index (χ3v) is 5.37. The molecule has 0 saturated heterocycles. The molecule has 1 aliphatic heterocycles. The first-order valence-corrected chi connectivity index (χ1v) is 8.47. The molecular formula is C17H15F2N3O3S. The summed E-state index contributed by atoms with van der Waals surface area (Å²) in [5.41, 5.74) is 2.00. The zero-order valence-corrected chi connectivity index (χ0v) is 14.2. The molecule has 3 rings (SSSR count). The third kappa shape index (κ3) is 3.16. The molecular weight excluding hydrogens is 364 g/mol. The minimum absolute atomic E-state index is 0.0546. The Labute approximate surface area is 152 Å². The van der Waals surface area contributed by atoms with Crippen LogP contribution in [0.1, 0.15) is 17.5 Å². The van der Waals surface area contributed by atoms with Crippen molar-refractivity contribution in [3.05, 3.63) is 71.3 Å². The second kappa shape index (κ2) is 7.40. The van der Waals surface area contributed by atoms with E-state index in [2.05, 4.69) is 5.10 Å². The van der Waals surface area contributed by atoms with Gasteiger partial charge in [0, 0.05) is 18.6 Å². The molecule has 6 nitrogen and oxygen atoms in total. The van der Waals surface area contributed by atoms with Gasteiger partial charge in [-0.3, -0.25) is 5.21 Å². The summed E-state index contributed by atoms with van der Waals surface area (Å²) in [7, 11) is 0. The number of hydrogen-bond acceptors (Lipinski definition) is 5. The Kier molecular flexibility index (Phi) is 5.21. The lowest BCUT2D eigenvalue weighted by atomic mass is 10.0. The standard InChI is InChI=1S/C17H15F2N3O3S/c18-12-6-7-14(19)13(10-12)15-20-22(16(24)21-25)17(26-15,8-9-23)11-4-2-1-3-5-11/h1-7,10,23,25H,8-9H2,(H,21,24). The van der Waals surface area contributed by atoms with Crippen LogP contribution in [-0.4, -0.2) is 33.0 Å². The average Bonchev–Trinajstić information content (AvgIpc) is 3.04. The first-order chi connectivity index (χ1) is 12.5. The van der Waals surface area contributed by atoms with E-state index in [1.165, 1.54) is 5.48 Å². The summed E-state index contributed by atoms with van der Waals surface area (Å²) >= 11 is 1.00. The fourth-order valence-electron chi connectivity index (χ4n) is 2.75. The van der Waals surface area contributed by atoms with Gasteiger partial charge in [-0.15, -0.1) is 0 Å². The highest BCUT2D eigenvalue weighted by molar-refractivity contribution is 8.15. The highest BCUT2D eigenvalue weighted by atomic mass is 32.2. The molecule has 136 valence electrons. The van der Waals surface area contributed by atoms with Crippen LogP contribution < -0.4 is 5.48 Å². The normalized spacial score (nSPS) is 19.4. The van der Waals surface area contributed by atoms with Crippen molar-refractivity contribution in [2.75, 3.05) is 6.61 Å². The quantitative estimate of drug-likeness (QED) is 0.563. The van der Waals surface area contributed by atoms with E-state index in [9.17, 15) is 18.7 Å². The van der Waals surface area contributed by atoms with Crippen LogP contribution in [0.4, 0.5) is 13.6 Å². The van der Waals surface area contributed by atoms with Crippen LogP contribution in [0.2, 0.25) is 0 Å². The first kappa shape index (κ1) is 18.3. The van der Waals surface area contributed by atoms with Crippen molar-refractivity contribution in [1.82, 2.24) is 10.5 Å². The molecule has 0 aromatic heterocycles. The Bertz CT molecular complexity index is 850. The Morgan fingerprint density at radius 2 is 1.96 bits per heavy atom. The molecule has 0 radical (unpaired) electrons. The van der Waals surface area contributed by atoms with Crippen molar-refractivity contribution in [3.63, 3.8) is 0 Å². The number of aliphatic hydroxyl groups is 1. The number of hydrazone groups is 1. The molecule has 1 atom stereocenters. The topological polar surface area (TPSA) is 85.2 Å². The summed E-state index contributed by atoms with van der Waals surface area (Å²) in [5, 5.41) is 23.7. The SMILES string of the molecule is O=C(NO)N1N=C(c2cc(F)ccc2F)SC1(CCO)c1ccccc1. The van der Waals surface area contributed by atoms with Crippen molar-refractivity contribution in [1.29, 1.82) is 0 Å². The van der Waals surface area contributed by atoms with Crippen molar-refractivity contribution in [2.45, 2.75) is 11.3 Å². The van der Waals surface area contributed by atoms with E-state index in [4.69, 9.17) is 5.21 Å². The maximum Gasteiger partial charge on any atom is 0.363 e. The first-order valence-electron chi connectivity index (χ1n) is 7.65. The van der Waals surface area contributed by atoms with E-state index in [1.54, 1.807) is 30.3 Å². The number of benzene rings is 2. The van der Waals surface area contributed by atoms with E-state index in [0.717, 1.165) is 35.0 Å². The van der Waals surface area contributed by atoms with Gasteiger partial charge in [0.05, 0.1) is 0 Å². The molecule has 26 heavy (non-hydrogen) atoms. The van der Waals surface area contributed by atoms with E-state index in [1.807, 2.05) is 0 Å². The van der Waals surface area contributed by atoms with Crippen LogP contribution in [0.3, 0.4) is 0 Å². The number of hydroxylamine groups is 1. The second-order valence-corrected chi connectivity index (χ2v) is 6.75. The molecule has 2 amide bonds. The molecule has 9 heteroatoms. The van der Waals surface area contributed by atoms with Gasteiger partial charge in [-0.2, -0.15) is 10.1 Å². The number of urea groups is 1. The van der Waals surface area contributed by atoms with Crippen LogP contribution in [0.5, 0.6) is 0 Å². The number of halogens is 2. The zero-order valence-electron chi connectivity index (χ0n) is 13.4. The molecule has 2 aromatic rings. The van der Waals surface area contributed by atoms with Crippen molar-refractivity contribution in [3.8, 4) is 0 Å². The summed E-state index contributed by atoms with van der Waals surface area (Å²) in [5.74, 6) is -1.35. The Morgan fingerprint density at radius 3 is 2.62 bits per heavy atom. The zero-order chi connectivity index (χ0) is 18.7. The number of rotatable bonds is 4. The Balaban J connectivity index is 2.14. The van der Waals surface area contributed by atoms with Crippen molar-refractivity contribution in [2.24, 2.45) is 5.10 Å². The molecule has 3 N–H and O–H groups in total. The number of carbonyl (C=O) groups excluding carboxylic acids is 1. The molecule has 0 fully saturated rings. The summed E-state index contributed by atoms with van der Waals surface area (Å²) in [6, 6.07) is 10.7. The van der Waals surface area contributed by atoms with Gasteiger partial charge in [-0.25, -0.2) is 19.1 Å². The van der Waals surface area contributed by atoms with Gasteiger partial charge in [-0.05, 0) is 23.8 Å². The number of nitrogens with zero attached hydrogens (tertiary/aromatic N) is 2. The highest BCUT2D eigenvalue weighted by Gasteiger charge is 2.48. The molecule has 1 heterocycles. The van der Waals surface area contributed by atoms with Gasteiger partial charge in [0.1, 0.15) is 21.5 Å². The fourth-order valence-corrected chi connectivity index (χ4v) is 4.12. The van der Waals surface area contributed by atoms with Crippen LogP contribution in [0, 0.1) is 11.6 Å². The monoisotopic (exact) mass is 379 g/mol. The Morgan fingerprint density at radius 1 is 1.23 bits per heavy atom. The smallest absolute Gasteiger partial charge is 0.363 e. The molecule has 0 saturated carbocycles. The van der Waals surface area contributed by atoms with Crippen molar-refractivity contribution < 1.29 is 23.9 Å². The van der Waals surface area contributed by atoms with Gasteiger partial charge in [-0.1, -0.05) is 42.1 Å². The Hall–Kier alpha value is -2.49. The number of aliphatic hydroxyl groups excluding tert-OH is 1. The van der Waals surface area contributed by atoms with Crippen LogP contribution in [0.25, 0.3) is 0 Å². The summed E-state index contributed by atoms with van der Waals surface area (Å²) in [6.45, 7) is -0.300. The third-order valence-electron chi connectivity index (χ3n) is 3.92. The van der Waals surface area contributed by atoms with Gasteiger partial charge in [0.2, 0.25) is 0 Å². The molecule has 0 aliphatic carbocycles. The minimum Gasteiger partial charge on any atom is -0.396 e.